The van der Waals surface area contributed by atoms with Crippen molar-refractivity contribution >= 4 is 6.29 Å². The summed E-state index contributed by atoms with van der Waals surface area (Å²) in [5, 5.41) is 8.32. The maximum absolute atomic E-state index is 9.46. The molecular formula is C4H10Na2O2. The van der Waals surface area contributed by atoms with Crippen LogP contribution in [0.4, 0.5) is 0 Å². The smallest absolute Gasteiger partial charge is 1.00 e. The van der Waals surface area contributed by atoms with Gasteiger partial charge in [0.15, 0.2) is 0 Å². The third-order valence-electron chi connectivity index (χ3n) is 0.437. The van der Waals surface area contributed by atoms with Gasteiger partial charge in [-0.3, -0.25) is 0 Å². The molecule has 0 aliphatic rings. The van der Waals surface area contributed by atoms with E-state index in [-0.39, 0.29) is 68.4 Å². The fourth-order valence-corrected chi connectivity index (χ4v) is 0.139. The summed E-state index contributed by atoms with van der Waals surface area (Å²) >= 11 is 0. The van der Waals surface area contributed by atoms with E-state index in [2.05, 4.69) is 0 Å². The standard InChI is InChI=1S/C4H8O2.2Na.2H/c1-4(6)2-3-5;;;;/h3-4,6H,2H2,1H3;;;;/q;2*+1;2*-1. The molecule has 0 aliphatic heterocycles. The molecule has 1 N–H and O–H groups in total. The molecule has 40 valence electrons. The molecule has 0 aromatic heterocycles. The first-order valence-electron chi connectivity index (χ1n) is 1.89. The number of aliphatic hydroxyl groups excluding tert-OH is 1. The number of carbonyl (C=O) groups is 1. The Hall–Kier alpha value is 1.63. The second-order valence-electron chi connectivity index (χ2n) is 1.25. The Bertz CT molecular complexity index is 54.5. The van der Waals surface area contributed by atoms with Crippen LogP contribution in [0.1, 0.15) is 16.2 Å². The van der Waals surface area contributed by atoms with E-state index in [4.69, 9.17) is 5.11 Å². The molecule has 0 amide bonds. The molecule has 4 heteroatoms. The van der Waals surface area contributed by atoms with Gasteiger partial charge < -0.3 is 12.8 Å². The number of aliphatic hydroxyl groups is 1. The first-order valence-corrected chi connectivity index (χ1v) is 1.89. The number of aldehydes is 1. The maximum Gasteiger partial charge on any atom is 1.00 e. The topological polar surface area (TPSA) is 37.3 Å². The van der Waals surface area contributed by atoms with Crippen LogP contribution >= 0.6 is 0 Å². The van der Waals surface area contributed by atoms with E-state index in [1.807, 2.05) is 0 Å². The van der Waals surface area contributed by atoms with Crippen molar-refractivity contribution in [3.8, 4) is 0 Å². The van der Waals surface area contributed by atoms with E-state index in [1.165, 1.54) is 0 Å². The van der Waals surface area contributed by atoms with Crippen LogP contribution in [0.25, 0.3) is 0 Å². The number of hydrogen-bond donors (Lipinski definition) is 1. The summed E-state index contributed by atoms with van der Waals surface area (Å²) in [5.41, 5.74) is 0. The van der Waals surface area contributed by atoms with Crippen LogP contribution in [0.5, 0.6) is 0 Å². The fourth-order valence-electron chi connectivity index (χ4n) is 0.139. The summed E-state index contributed by atoms with van der Waals surface area (Å²) in [5.74, 6) is 0. The van der Waals surface area contributed by atoms with Gasteiger partial charge in [0.1, 0.15) is 6.29 Å². The van der Waals surface area contributed by atoms with Crippen LogP contribution < -0.4 is 59.1 Å². The molecular weight excluding hydrogens is 126 g/mol. The van der Waals surface area contributed by atoms with Gasteiger partial charge in [0.25, 0.3) is 0 Å². The van der Waals surface area contributed by atoms with Crippen molar-refractivity contribution in [2.75, 3.05) is 0 Å². The van der Waals surface area contributed by atoms with Crippen molar-refractivity contribution in [1.82, 2.24) is 0 Å². The third kappa shape index (κ3) is 15.6. The largest absolute Gasteiger partial charge is 1.00 e. The van der Waals surface area contributed by atoms with E-state index in [9.17, 15) is 4.79 Å². The first kappa shape index (κ1) is 16.3. The summed E-state index contributed by atoms with van der Waals surface area (Å²) in [7, 11) is 0. The molecule has 0 aromatic carbocycles. The molecule has 0 spiro atoms. The zero-order valence-electron chi connectivity index (χ0n) is 7.72. The van der Waals surface area contributed by atoms with Gasteiger partial charge in [-0.1, -0.05) is 0 Å². The molecule has 0 aromatic rings. The Labute approximate surface area is 96.6 Å². The van der Waals surface area contributed by atoms with Crippen LogP contribution in [0, 0.1) is 0 Å². The average Bonchev–Trinajstić information content (AvgIpc) is 1.35. The fraction of sp³-hybridized carbons (Fsp3) is 0.750. The Balaban J connectivity index is -0.0000000208. The molecule has 0 bridgehead atoms. The molecule has 0 heterocycles. The quantitative estimate of drug-likeness (QED) is 0.303. The third-order valence-corrected chi connectivity index (χ3v) is 0.437. The van der Waals surface area contributed by atoms with Crippen molar-refractivity contribution in [2.24, 2.45) is 0 Å². The molecule has 0 saturated carbocycles. The van der Waals surface area contributed by atoms with Gasteiger partial charge >= 0.3 is 59.1 Å². The van der Waals surface area contributed by atoms with Crippen LogP contribution in [0.15, 0.2) is 0 Å². The maximum atomic E-state index is 9.46. The number of rotatable bonds is 2. The molecule has 0 aliphatic carbocycles. The van der Waals surface area contributed by atoms with Gasteiger partial charge in [-0.15, -0.1) is 0 Å². The van der Waals surface area contributed by atoms with Crippen LogP contribution in [0.3, 0.4) is 0 Å². The predicted octanol–water partition coefficient (Wildman–Crippen LogP) is -5.81. The van der Waals surface area contributed by atoms with Gasteiger partial charge in [-0.05, 0) is 6.92 Å². The Morgan fingerprint density at radius 3 is 2.12 bits per heavy atom. The zero-order chi connectivity index (χ0) is 4.99. The minimum Gasteiger partial charge on any atom is -1.00 e. The van der Waals surface area contributed by atoms with Crippen molar-refractivity contribution < 1.29 is 71.9 Å². The van der Waals surface area contributed by atoms with Crippen molar-refractivity contribution in [1.29, 1.82) is 0 Å². The molecule has 0 radical (unpaired) electrons. The molecule has 0 fully saturated rings. The summed E-state index contributed by atoms with van der Waals surface area (Å²) in [4.78, 5) is 9.46. The van der Waals surface area contributed by atoms with E-state index in [0.29, 0.717) is 6.29 Å². The van der Waals surface area contributed by atoms with E-state index >= 15 is 0 Å². The summed E-state index contributed by atoms with van der Waals surface area (Å²) in [6, 6.07) is 0. The predicted molar refractivity (Wildman–Crippen MR) is 24.6 cm³/mol. The van der Waals surface area contributed by atoms with Gasteiger partial charge in [0.05, 0.1) is 6.10 Å². The SMILES string of the molecule is CC(O)CC=O.[H-].[H-].[Na+].[Na+]. The van der Waals surface area contributed by atoms with Crippen LogP contribution in [-0.2, 0) is 4.79 Å². The van der Waals surface area contributed by atoms with Gasteiger partial charge in [0.2, 0.25) is 0 Å². The monoisotopic (exact) mass is 136 g/mol. The van der Waals surface area contributed by atoms with Crippen molar-refractivity contribution in [3.05, 3.63) is 0 Å². The molecule has 1 atom stereocenters. The van der Waals surface area contributed by atoms with Gasteiger partial charge in [-0.2, -0.15) is 0 Å². The van der Waals surface area contributed by atoms with E-state index in [1.54, 1.807) is 6.92 Å². The van der Waals surface area contributed by atoms with Crippen LogP contribution in [-0.4, -0.2) is 17.5 Å². The van der Waals surface area contributed by atoms with Crippen LogP contribution in [0.2, 0.25) is 0 Å². The Kier molecular flexibility index (Phi) is 23.3. The Morgan fingerprint density at radius 2 is 2.12 bits per heavy atom. The molecule has 8 heavy (non-hydrogen) atoms. The molecule has 2 nitrogen and oxygen atoms in total. The summed E-state index contributed by atoms with van der Waals surface area (Å²) in [6.07, 6.45) is 0.479. The van der Waals surface area contributed by atoms with E-state index in [0.717, 1.165) is 0 Å². The Morgan fingerprint density at radius 1 is 1.75 bits per heavy atom. The second-order valence-corrected chi connectivity index (χ2v) is 1.25. The van der Waals surface area contributed by atoms with Gasteiger partial charge in [-0.25, -0.2) is 0 Å². The molecule has 0 rings (SSSR count). The van der Waals surface area contributed by atoms with Crippen molar-refractivity contribution in [3.63, 3.8) is 0 Å². The molecule has 0 saturated heterocycles. The summed E-state index contributed by atoms with van der Waals surface area (Å²) < 4.78 is 0. The van der Waals surface area contributed by atoms with E-state index < -0.39 is 6.10 Å². The minimum absolute atomic E-state index is 0. The second kappa shape index (κ2) is 11.4. The van der Waals surface area contributed by atoms with Gasteiger partial charge in [0, 0.05) is 6.42 Å². The average molecular weight is 136 g/mol. The first-order chi connectivity index (χ1) is 2.77. The zero-order valence-corrected chi connectivity index (χ0v) is 9.72. The number of hydrogen-bond acceptors (Lipinski definition) is 2. The molecule has 1 unspecified atom stereocenters. The minimum atomic E-state index is -0.470. The normalized spacial score (nSPS) is 10.2. The summed E-state index contributed by atoms with van der Waals surface area (Å²) in [6.45, 7) is 1.58. The number of carbonyl (C=O) groups excluding carboxylic acids is 1. The van der Waals surface area contributed by atoms with Crippen molar-refractivity contribution in [2.45, 2.75) is 19.4 Å².